The minimum atomic E-state index is -0.688. The summed E-state index contributed by atoms with van der Waals surface area (Å²) in [5, 5.41) is 0.694. The summed E-state index contributed by atoms with van der Waals surface area (Å²) in [6.45, 7) is 5.10. The van der Waals surface area contributed by atoms with Crippen LogP contribution in [0.2, 0.25) is 5.02 Å². The molecule has 1 atom stereocenters. The molecule has 4 rings (SSSR count). The first-order valence-corrected chi connectivity index (χ1v) is 12.5. The second-order valence-corrected chi connectivity index (χ2v) is 11.2. The number of carbonyl (C=O) groups excluding carboxylic acids is 1. The lowest BCUT2D eigenvalue weighted by molar-refractivity contribution is 0.0805. The molecule has 0 saturated carbocycles. The van der Waals surface area contributed by atoms with E-state index in [4.69, 9.17) is 16.3 Å². The summed E-state index contributed by atoms with van der Waals surface area (Å²) in [7, 11) is 0. The van der Waals surface area contributed by atoms with Crippen LogP contribution in [0.15, 0.2) is 44.2 Å². The number of hydrogen-bond donors (Lipinski definition) is 0. The minimum absolute atomic E-state index is 0. The second-order valence-electron chi connectivity index (χ2n) is 7.68. The standard InChI is InChI=1S/C22H22Br2ClNO2S.ClH/c1-14-18(23)11-17-20(19(14)24)28-13-22(21(17)27,12-26-9-3-2-4-10-26)29-16-7-5-15(25)6-8-16;/h5-8,11H,2-4,9-10,12-13H2,1H3;1H. The Morgan fingerprint density at radius 1 is 1.17 bits per heavy atom. The van der Waals surface area contributed by atoms with Crippen LogP contribution in [0.4, 0.5) is 0 Å². The number of thioether (sulfide) groups is 1. The van der Waals surface area contributed by atoms with E-state index >= 15 is 0 Å². The lowest BCUT2D eigenvalue weighted by Gasteiger charge is -2.41. The van der Waals surface area contributed by atoms with Gasteiger partial charge < -0.3 is 9.64 Å². The maximum atomic E-state index is 13.9. The predicted molar refractivity (Wildman–Crippen MR) is 134 cm³/mol. The van der Waals surface area contributed by atoms with Crippen LogP contribution in [0, 0.1) is 6.92 Å². The molecule has 8 heteroatoms. The fraction of sp³-hybridized carbons (Fsp3) is 0.409. The number of nitrogens with zero attached hydrogens (tertiary/aromatic N) is 1. The van der Waals surface area contributed by atoms with Gasteiger partial charge in [-0.3, -0.25) is 4.79 Å². The van der Waals surface area contributed by atoms with Crippen LogP contribution in [0.1, 0.15) is 35.2 Å². The van der Waals surface area contributed by atoms with Gasteiger partial charge in [0, 0.05) is 20.9 Å². The molecule has 3 nitrogen and oxygen atoms in total. The molecule has 0 aromatic heterocycles. The van der Waals surface area contributed by atoms with Crippen molar-refractivity contribution in [1.29, 1.82) is 0 Å². The highest BCUT2D eigenvalue weighted by Gasteiger charge is 2.47. The first kappa shape index (κ1) is 24.4. The molecule has 0 radical (unpaired) electrons. The molecular formula is C22H23Br2Cl2NO2S. The molecule has 2 aromatic carbocycles. The zero-order valence-corrected chi connectivity index (χ0v) is 22.1. The van der Waals surface area contributed by atoms with Crippen molar-refractivity contribution in [3.8, 4) is 5.75 Å². The van der Waals surface area contributed by atoms with Crippen molar-refractivity contribution >= 4 is 73.4 Å². The van der Waals surface area contributed by atoms with E-state index in [-0.39, 0.29) is 18.2 Å². The van der Waals surface area contributed by atoms with Gasteiger partial charge in [0.2, 0.25) is 0 Å². The quantitative estimate of drug-likeness (QED) is 0.374. The molecule has 0 N–H and O–H groups in total. The van der Waals surface area contributed by atoms with E-state index in [9.17, 15) is 4.79 Å². The number of benzene rings is 2. The molecule has 1 saturated heterocycles. The summed E-state index contributed by atoms with van der Waals surface area (Å²) >= 11 is 14.9. The molecule has 2 heterocycles. The van der Waals surface area contributed by atoms with Gasteiger partial charge in [-0.15, -0.1) is 24.2 Å². The Kier molecular flexibility index (Phi) is 8.25. The lowest BCUT2D eigenvalue weighted by Crippen LogP contribution is -2.53. The van der Waals surface area contributed by atoms with Crippen LogP contribution in [-0.4, -0.2) is 41.7 Å². The van der Waals surface area contributed by atoms with Gasteiger partial charge >= 0.3 is 0 Å². The van der Waals surface area contributed by atoms with E-state index in [1.807, 2.05) is 37.3 Å². The minimum Gasteiger partial charge on any atom is -0.490 e. The van der Waals surface area contributed by atoms with E-state index in [1.54, 1.807) is 11.8 Å². The van der Waals surface area contributed by atoms with Gasteiger partial charge in [0.15, 0.2) is 5.78 Å². The molecule has 0 spiro atoms. The molecule has 1 fully saturated rings. The van der Waals surface area contributed by atoms with Crippen molar-refractivity contribution in [3.63, 3.8) is 0 Å². The van der Waals surface area contributed by atoms with Crippen LogP contribution < -0.4 is 4.74 Å². The lowest BCUT2D eigenvalue weighted by atomic mass is 9.92. The number of Topliss-reactive ketones (excluding diaryl/α,β-unsaturated/α-hetero) is 1. The molecule has 2 aliphatic heterocycles. The molecule has 0 bridgehead atoms. The third-order valence-electron chi connectivity index (χ3n) is 5.57. The SMILES string of the molecule is Cc1c(Br)cc2c(c1Br)OCC(CN1CCCCC1)(Sc1ccc(Cl)cc1)C2=O.Cl. The van der Waals surface area contributed by atoms with Gasteiger partial charge in [0.05, 0.1) is 10.0 Å². The van der Waals surface area contributed by atoms with Crippen molar-refractivity contribution in [1.82, 2.24) is 4.90 Å². The molecule has 1 unspecified atom stereocenters. The third kappa shape index (κ3) is 4.89. The largest absolute Gasteiger partial charge is 0.490 e. The highest BCUT2D eigenvalue weighted by molar-refractivity contribution is 9.11. The van der Waals surface area contributed by atoms with E-state index in [0.717, 1.165) is 32.5 Å². The Morgan fingerprint density at radius 2 is 1.83 bits per heavy atom. The Balaban J connectivity index is 0.00000256. The highest BCUT2D eigenvalue weighted by atomic mass is 79.9. The zero-order valence-electron chi connectivity index (χ0n) is 16.6. The van der Waals surface area contributed by atoms with Crippen molar-refractivity contribution in [2.24, 2.45) is 0 Å². The number of ketones is 1. The topological polar surface area (TPSA) is 29.5 Å². The van der Waals surface area contributed by atoms with Gasteiger partial charge in [0.1, 0.15) is 17.1 Å². The number of fused-ring (bicyclic) bond motifs is 1. The monoisotopic (exact) mass is 593 g/mol. The number of carbonyl (C=O) groups is 1. The molecule has 30 heavy (non-hydrogen) atoms. The maximum Gasteiger partial charge on any atom is 0.187 e. The Bertz CT molecular complexity index is 936. The zero-order chi connectivity index (χ0) is 20.6. The van der Waals surface area contributed by atoms with Gasteiger partial charge in [-0.1, -0.05) is 34.0 Å². The summed E-state index contributed by atoms with van der Waals surface area (Å²) in [5.41, 5.74) is 1.67. The van der Waals surface area contributed by atoms with Crippen LogP contribution in [-0.2, 0) is 0 Å². The number of rotatable bonds is 4. The smallest absolute Gasteiger partial charge is 0.187 e. The van der Waals surface area contributed by atoms with Crippen LogP contribution in [0.3, 0.4) is 0 Å². The molecule has 2 aliphatic rings. The van der Waals surface area contributed by atoms with E-state index in [1.165, 1.54) is 19.3 Å². The number of likely N-dealkylation sites (tertiary alicyclic amines) is 1. The number of piperidine rings is 1. The fourth-order valence-electron chi connectivity index (χ4n) is 3.94. The molecule has 2 aromatic rings. The first-order valence-electron chi connectivity index (χ1n) is 9.73. The van der Waals surface area contributed by atoms with Gasteiger partial charge in [-0.2, -0.15) is 0 Å². The highest BCUT2D eigenvalue weighted by Crippen LogP contribution is 2.47. The normalized spacial score (nSPS) is 21.5. The fourth-order valence-corrected chi connectivity index (χ4v) is 6.59. The Labute approximate surface area is 209 Å². The van der Waals surface area contributed by atoms with E-state index < -0.39 is 4.75 Å². The van der Waals surface area contributed by atoms with Crippen molar-refractivity contribution in [2.45, 2.75) is 35.8 Å². The molecule has 0 amide bonds. The third-order valence-corrected chi connectivity index (χ3v) is 8.93. The second kappa shape index (κ2) is 10.1. The van der Waals surface area contributed by atoms with Crippen LogP contribution >= 0.6 is 67.6 Å². The summed E-state index contributed by atoms with van der Waals surface area (Å²) in [4.78, 5) is 17.3. The van der Waals surface area contributed by atoms with Crippen molar-refractivity contribution in [3.05, 3.63) is 55.4 Å². The first-order chi connectivity index (χ1) is 13.9. The number of ether oxygens (including phenoxy) is 1. The molecular weight excluding hydrogens is 573 g/mol. The summed E-state index contributed by atoms with van der Waals surface area (Å²) in [5.74, 6) is 0.785. The van der Waals surface area contributed by atoms with Crippen molar-refractivity contribution < 1.29 is 9.53 Å². The van der Waals surface area contributed by atoms with Crippen molar-refractivity contribution in [2.75, 3.05) is 26.2 Å². The molecule has 0 aliphatic carbocycles. The van der Waals surface area contributed by atoms with Gasteiger partial charge in [0.25, 0.3) is 0 Å². The average Bonchev–Trinajstić information content (AvgIpc) is 2.72. The van der Waals surface area contributed by atoms with Gasteiger partial charge in [-0.05, 0) is 84.7 Å². The summed E-state index contributed by atoms with van der Waals surface area (Å²) < 4.78 is 7.32. The predicted octanol–water partition coefficient (Wildman–Crippen LogP) is 7.19. The Hall–Kier alpha value is -0.240. The maximum absolute atomic E-state index is 13.9. The van der Waals surface area contributed by atoms with E-state index in [2.05, 4.69) is 36.8 Å². The average molecular weight is 596 g/mol. The Morgan fingerprint density at radius 3 is 2.50 bits per heavy atom. The molecule has 162 valence electrons. The summed E-state index contributed by atoms with van der Waals surface area (Å²) in [6, 6.07) is 9.61. The number of hydrogen-bond acceptors (Lipinski definition) is 4. The van der Waals surface area contributed by atoms with Crippen LogP contribution in [0.25, 0.3) is 0 Å². The summed E-state index contributed by atoms with van der Waals surface area (Å²) in [6.07, 6.45) is 3.63. The van der Waals surface area contributed by atoms with Crippen LogP contribution in [0.5, 0.6) is 5.75 Å². The van der Waals surface area contributed by atoms with E-state index in [0.29, 0.717) is 29.5 Å². The number of halogens is 4. The van der Waals surface area contributed by atoms with Gasteiger partial charge in [-0.25, -0.2) is 0 Å².